The molecule has 1 saturated heterocycles. The lowest BCUT2D eigenvalue weighted by Crippen LogP contribution is -2.28. The van der Waals surface area contributed by atoms with E-state index in [9.17, 15) is 14.4 Å². The Balaban J connectivity index is 1.69. The number of hydrogen-bond donors (Lipinski definition) is 0. The largest absolute Gasteiger partial charge is 0.305 e. The highest BCUT2D eigenvalue weighted by atomic mass is 35.5. The van der Waals surface area contributed by atoms with Crippen molar-refractivity contribution in [3.8, 4) is 12.3 Å². The fourth-order valence-electron chi connectivity index (χ4n) is 3.15. The van der Waals surface area contributed by atoms with E-state index in [0.29, 0.717) is 21.1 Å². The molecule has 8 heteroatoms. The van der Waals surface area contributed by atoms with Gasteiger partial charge in [-0.15, -0.1) is 6.42 Å². The molecule has 0 N–H and O–H groups in total. The van der Waals surface area contributed by atoms with Crippen molar-refractivity contribution < 1.29 is 14.4 Å². The summed E-state index contributed by atoms with van der Waals surface area (Å²) in [7, 11) is 0. The lowest BCUT2D eigenvalue weighted by molar-refractivity contribution is -0.121. The van der Waals surface area contributed by atoms with Crippen LogP contribution in [0.25, 0.3) is 10.2 Å². The number of carbonyl (C=O) groups is 3. The molecule has 2 heterocycles. The van der Waals surface area contributed by atoms with Crippen LogP contribution < -0.4 is 9.70 Å². The first-order valence-corrected chi connectivity index (χ1v) is 9.94. The summed E-state index contributed by atoms with van der Waals surface area (Å²) in [5.41, 5.74) is 1.65. The number of rotatable bonds is 3. The van der Waals surface area contributed by atoms with Crippen LogP contribution in [0.5, 0.6) is 0 Å². The van der Waals surface area contributed by atoms with Gasteiger partial charge in [-0.1, -0.05) is 28.9 Å². The number of halogens is 1. The number of anilines is 1. The Morgan fingerprint density at radius 1 is 1.14 bits per heavy atom. The second-order valence-corrected chi connectivity index (χ2v) is 7.82. The van der Waals surface area contributed by atoms with Gasteiger partial charge in [0.15, 0.2) is 4.80 Å². The molecule has 1 aliphatic rings. The van der Waals surface area contributed by atoms with Gasteiger partial charge in [0.05, 0.1) is 22.4 Å². The number of hydrogen-bond acceptors (Lipinski definition) is 4. The van der Waals surface area contributed by atoms with Gasteiger partial charge in [-0.2, -0.15) is 4.99 Å². The van der Waals surface area contributed by atoms with Crippen LogP contribution in [0.4, 0.5) is 5.69 Å². The number of fused-ring (bicyclic) bond motifs is 1. The number of carbonyl (C=O) groups excluding carboxylic acids is 3. The number of amides is 3. The molecule has 144 valence electrons. The Bertz CT molecular complexity index is 1250. The Kier molecular flexibility index (Phi) is 5.05. The maximum absolute atomic E-state index is 12.7. The second kappa shape index (κ2) is 7.66. The number of thiazole rings is 1. The minimum Gasteiger partial charge on any atom is -0.305 e. The second-order valence-electron chi connectivity index (χ2n) is 6.37. The van der Waals surface area contributed by atoms with E-state index < -0.39 is 5.91 Å². The van der Waals surface area contributed by atoms with Gasteiger partial charge < -0.3 is 4.57 Å². The van der Waals surface area contributed by atoms with Crippen molar-refractivity contribution in [1.82, 2.24) is 4.57 Å². The van der Waals surface area contributed by atoms with Crippen molar-refractivity contribution in [3.05, 3.63) is 57.9 Å². The molecule has 0 aliphatic carbocycles. The average Bonchev–Trinajstić information content (AvgIpc) is 3.21. The fourth-order valence-corrected chi connectivity index (χ4v) is 4.45. The molecule has 3 aromatic rings. The molecular weight excluding hydrogens is 410 g/mol. The monoisotopic (exact) mass is 423 g/mol. The molecule has 6 nitrogen and oxygen atoms in total. The number of nitrogens with zero attached hydrogens (tertiary/aromatic N) is 3. The van der Waals surface area contributed by atoms with E-state index in [1.165, 1.54) is 11.3 Å². The molecule has 0 atom stereocenters. The van der Waals surface area contributed by atoms with E-state index in [4.69, 9.17) is 18.0 Å². The van der Waals surface area contributed by atoms with E-state index >= 15 is 0 Å². The zero-order chi connectivity index (χ0) is 20.5. The normalized spacial score (nSPS) is 14.6. The molecule has 0 bridgehead atoms. The maximum atomic E-state index is 12.7. The van der Waals surface area contributed by atoms with E-state index in [-0.39, 0.29) is 31.2 Å². The smallest absolute Gasteiger partial charge is 0.279 e. The van der Waals surface area contributed by atoms with Crippen molar-refractivity contribution in [2.45, 2.75) is 19.4 Å². The van der Waals surface area contributed by atoms with Crippen LogP contribution in [0.2, 0.25) is 5.02 Å². The SMILES string of the molecule is C#CCn1c(=NC(=O)c2ccc(N3C(=O)CCC3=O)cc2)sc2cc(Cl)ccc21. The maximum Gasteiger partial charge on any atom is 0.279 e. The lowest BCUT2D eigenvalue weighted by Gasteiger charge is -2.13. The molecule has 1 aromatic heterocycles. The van der Waals surface area contributed by atoms with Crippen LogP contribution in [-0.2, 0) is 16.1 Å². The standard InChI is InChI=1S/C21H14ClN3O3S/c1-2-11-24-16-8-5-14(22)12-17(16)29-21(24)23-20(28)13-3-6-15(7-4-13)25-18(26)9-10-19(25)27/h1,3-8,12H,9-11H2. The van der Waals surface area contributed by atoms with Crippen molar-refractivity contribution in [1.29, 1.82) is 0 Å². The topological polar surface area (TPSA) is 71.7 Å². The number of aromatic nitrogens is 1. The number of imide groups is 1. The first-order valence-electron chi connectivity index (χ1n) is 8.75. The first-order chi connectivity index (χ1) is 14.0. The number of benzene rings is 2. The molecule has 0 saturated carbocycles. The highest BCUT2D eigenvalue weighted by molar-refractivity contribution is 7.16. The van der Waals surface area contributed by atoms with Crippen LogP contribution in [-0.4, -0.2) is 22.3 Å². The third-order valence-corrected chi connectivity index (χ3v) is 5.79. The van der Waals surface area contributed by atoms with Crippen LogP contribution in [0.1, 0.15) is 23.2 Å². The average molecular weight is 424 g/mol. The summed E-state index contributed by atoms with van der Waals surface area (Å²) >= 11 is 7.38. The van der Waals surface area contributed by atoms with Crippen molar-refractivity contribution in [2.24, 2.45) is 4.99 Å². The summed E-state index contributed by atoms with van der Waals surface area (Å²) in [5, 5.41) is 0.589. The third kappa shape index (κ3) is 3.60. The molecule has 0 unspecified atom stereocenters. The van der Waals surface area contributed by atoms with E-state index in [2.05, 4.69) is 10.9 Å². The Morgan fingerprint density at radius 2 is 1.83 bits per heavy atom. The van der Waals surface area contributed by atoms with Crippen LogP contribution in [0, 0.1) is 12.3 Å². The van der Waals surface area contributed by atoms with Crippen LogP contribution in [0.3, 0.4) is 0 Å². The van der Waals surface area contributed by atoms with Gasteiger partial charge in [-0.3, -0.25) is 19.3 Å². The lowest BCUT2D eigenvalue weighted by atomic mass is 10.2. The summed E-state index contributed by atoms with van der Waals surface area (Å²) < 4.78 is 2.66. The molecule has 0 spiro atoms. The summed E-state index contributed by atoms with van der Waals surface area (Å²) in [6.07, 6.45) is 5.89. The minimum absolute atomic E-state index is 0.208. The highest BCUT2D eigenvalue weighted by Gasteiger charge is 2.30. The zero-order valence-corrected chi connectivity index (χ0v) is 16.7. The molecule has 1 aliphatic heterocycles. The Labute approximate surface area is 175 Å². The summed E-state index contributed by atoms with van der Waals surface area (Å²) in [6, 6.07) is 11.7. The highest BCUT2D eigenvalue weighted by Crippen LogP contribution is 2.24. The Morgan fingerprint density at radius 3 is 2.48 bits per heavy atom. The molecule has 3 amide bonds. The van der Waals surface area contributed by atoms with Gasteiger partial charge in [0, 0.05) is 23.4 Å². The Hall–Kier alpha value is -3.21. The minimum atomic E-state index is -0.445. The summed E-state index contributed by atoms with van der Waals surface area (Å²) in [4.78, 5) is 42.2. The van der Waals surface area contributed by atoms with Crippen molar-refractivity contribution in [3.63, 3.8) is 0 Å². The van der Waals surface area contributed by atoms with Gasteiger partial charge in [0.25, 0.3) is 5.91 Å². The predicted molar refractivity (Wildman–Crippen MR) is 112 cm³/mol. The van der Waals surface area contributed by atoms with Gasteiger partial charge >= 0.3 is 0 Å². The molecule has 4 rings (SSSR count). The third-order valence-electron chi connectivity index (χ3n) is 4.52. The molecular formula is C21H14ClN3O3S. The quantitative estimate of drug-likeness (QED) is 0.479. The summed E-state index contributed by atoms with van der Waals surface area (Å²) in [6.45, 7) is 0.270. The van der Waals surface area contributed by atoms with E-state index in [1.807, 2.05) is 6.07 Å². The van der Waals surface area contributed by atoms with Gasteiger partial charge in [-0.25, -0.2) is 0 Å². The van der Waals surface area contributed by atoms with Crippen LogP contribution >= 0.6 is 22.9 Å². The van der Waals surface area contributed by atoms with Crippen LogP contribution in [0.15, 0.2) is 47.5 Å². The predicted octanol–water partition coefficient (Wildman–Crippen LogP) is 3.38. The van der Waals surface area contributed by atoms with Gasteiger partial charge in [0.1, 0.15) is 0 Å². The van der Waals surface area contributed by atoms with E-state index in [1.54, 1.807) is 41.0 Å². The zero-order valence-electron chi connectivity index (χ0n) is 15.1. The van der Waals surface area contributed by atoms with Gasteiger partial charge in [-0.05, 0) is 42.5 Å². The molecule has 1 fully saturated rings. The number of terminal acetylenes is 1. The molecule has 0 radical (unpaired) electrons. The molecule has 2 aromatic carbocycles. The van der Waals surface area contributed by atoms with E-state index in [0.717, 1.165) is 15.1 Å². The molecule has 29 heavy (non-hydrogen) atoms. The fraction of sp³-hybridized carbons (Fsp3) is 0.143. The van der Waals surface area contributed by atoms with Gasteiger partial charge in [0.2, 0.25) is 11.8 Å². The summed E-state index contributed by atoms with van der Waals surface area (Å²) in [5.74, 6) is 1.65. The first kappa shape index (κ1) is 19.1. The van der Waals surface area contributed by atoms with Crippen molar-refractivity contribution >= 4 is 56.6 Å². The van der Waals surface area contributed by atoms with Crippen molar-refractivity contribution in [2.75, 3.05) is 4.90 Å².